The lowest BCUT2D eigenvalue weighted by molar-refractivity contribution is 1.07. The lowest BCUT2D eigenvalue weighted by atomic mass is 10.0. The van der Waals surface area contributed by atoms with Gasteiger partial charge in [0.1, 0.15) is 0 Å². The van der Waals surface area contributed by atoms with E-state index in [0.29, 0.717) is 17.5 Å². The molecule has 0 saturated carbocycles. The van der Waals surface area contributed by atoms with Crippen LogP contribution >= 0.6 is 11.3 Å². The topological polar surface area (TPSA) is 48.5 Å². The van der Waals surface area contributed by atoms with Crippen LogP contribution in [0.3, 0.4) is 0 Å². The summed E-state index contributed by atoms with van der Waals surface area (Å²) in [5.41, 5.74) is 12.0. The molecule has 13 rings (SSSR count). The molecule has 5 nitrogen and oxygen atoms in total. The summed E-state index contributed by atoms with van der Waals surface area (Å²) in [5.74, 6) is 1.89. The molecule has 4 aromatic heterocycles. The van der Waals surface area contributed by atoms with E-state index in [4.69, 9.17) is 15.0 Å². The summed E-state index contributed by atoms with van der Waals surface area (Å²) in [4.78, 5) is 15.5. The van der Waals surface area contributed by atoms with Crippen LogP contribution in [-0.4, -0.2) is 24.1 Å². The Morgan fingerprint density at radius 3 is 1.57 bits per heavy atom. The van der Waals surface area contributed by atoms with Crippen molar-refractivity contribution in [3.8, 4) is 56.7 Å². The molecular formula is C57H35N5S. The molecule has 0 bridgehead atoms. The standard InChI is InChI=1S/C57H35N5S/c1-4-16-36(17-5-1)38-20-14-21-39(34-38)56-58-55(37-18-6-2-7-19-37)59-57(60-56)40-30-31-44-45-32-33-46-52-49(62-47-26-12-10-24-42(47)43-25-11-13-27-48(43)62)28-15-29-51(52)63-54(46)53(45)61(50(44)35-40)41-22-8-3-9-23-41/h1-35H. The predicted molar refractivity (Wildman–Crippen MR) is 263 cm³/mol. The summed E-state index contributed by atoms with van der Waals surface area (Å²) in [6.07, 6.45) is 0. The number of hydrogen-bond donors (Lipinski definition) is 0. The predicted octanol–water partition coefficient (Wildman–Crippen LogP) is 15.1. The number of benzene rings is 9. The molecule has 0 aliphatic heterocycles. The maximum absolute atomic E-state index is 5.22. The van der Waals surface area contributed by atoms with Crippen LogP contribution in [0.25, 0.3) is 120 Å². The maximum atomic E-state index is 5.22. The fraction of sp³-hybridized carbons (Fsp3) is 0. The maximum Gasteiger partial charge on any atom is 0.164 e. The Morgan fingerprint density at radius 1 is 0.333 bits per heavy atom. The van der Waals surface area contributed by atoms with Crippen LogP contribution in [0.2, 0.25) is 0 Å². The molecule has 0 aliphatic rings. The van der Waals surface area contributed by atoms with Gasteiger partial charge in [0, 0.05) is 59.4 Å². The fourth-order valence-electron chi connectivity index (χ4n) is 9.53. The third-order valence-corrected chi connectivity index (χ3v) is 13.5. The lowest BCUT2D eigenvalue weighted by Crippen LogP contribution is -2.00. The largest absolute Gasteiger partial charge is 0.309 e. The number of aromatic nitrogens is 5. The summed E-state index contributed by atoms with van der Waals surface area (Å²) < 4.78 is 7.40. The number of para-hydroxylation sites is 3. The molecule has 0 aliphatic carbocycles. The van der Waals surface area contributed by atoms with Crippen molar-refractivity contribution in [2.45, 2.75) is 0 Å². The van der Waals surface area contributed by atoms with Crippen LogP contribution in [0.4, 0.5) is 0 Å². The van der Waals surface area contributed by atoms with Gasteiger partial charge in [-0.3, -0.25) is 0 Å². The monoisotopic (exact) mass is 821 g/mol. The van der Waals surface area contributed by atoms with Crippen LogP contribution < -0.4 is 0 Å². The highest BCUT2D eigenvalue weighted by Gasteiger charge is 2.22. The smallest absolute Gasteiger partial charge is 0.164 e. The summed E-state index contributed by atoms with van der Waals surface area (Å²) in [7, 11) is 0. The molecule has 0 radical (unpaired) electrons. The van der Waals surface area contributed by atoms with Gasteiger partial charge in [0.25, 0.3) is 0 Å². The molecule has 0 atom stereocenters. The second-order valence-corrected chi connectivity index (χ2v) is 17.0. The van der Waals surface area contributed by atoms with E-state index in [9.17, 15) is 0 Å². The van der Waals surface area contributed by atoms with E-state index in [0.717, 1.165) is 39.0 Å². The second-order valence-electron chi connectivity index (χ2n) is 16.0. The van der Waals surface area contributed by atoms with Crippen molar-refractivity contribution in [3.05, 3.63) is 212 Å². The van der Waals surface area contributed by atoms with Crippen molar-refractivity contribution in [1.82, 2.24) is 24.1 Å². The molecule has 0 amide bonds. The molecule has 4 heterocycles. The normalized spacial score (nSPS) is 11.8. The van der Waals surface area contributed by atoms with Crippen molar-refractivity contribution < 1.29 is 0 Å². The van der Waals surface area contributed by atoms with Gasteiger partial charge in [0.05, 0.1) is 32.5 Å². The molecule has 0 saturated heterocycles. The van der Waals surface area contributed by atoms with Gasteiger partial charge in [0.2, 0.25) is 0 Å². The Bertz CT molecular complexity index is 3850. The molecule has 0 N–H and O–H groups in total. The second kappa shape index (κ2) is 14.2. The quantitative estimate of drug-likeness (QED) is 0.168. The van der Waals surface area contributed by atoms with Gasteiger partial charge in [-0.1, -0.05) is 164 Å². The molecular weight excluding hydrogens is 787 g/mol. The first-order valence-electron chi connectivity index (χ1n) is 21.2. The average Bonchev–Trinajstić information content (AvgIpc) is 4.02. The Morgan fingerprint density at radius 2 is 0.857 bits per heavy atom. The summed E-state index contributed by atoms with van der Waals surface area (Å²) in [5, 5.41) is 7.40. The summed E-state index contributed by atoms with van der Waals surface area (Å²) >= 11 is 1.87. The first-order chi connectivity index (χ1) is 31.2. The summed E-state index contributed by atoms with van der Waals surface area (Å²) in [6.45, 7) is 0. The van der Waals surface area contributed by atoms with Crippen molar-refractivity contribution in [1.29, 1.82) is 0 Å². The zero-order valence-corrected chi connectivity index (χ0v) is 34.7. The average molecular weight is 822 g/mol. The number of hydrogen-bond acceptors (Lipinski definition) is 4. The fourth-order valence-corrected chi connectivity index (χ4v) is 10.8. The van der Waals surface area contributed by atoms with Crippen molar-refractivity contribution in [2.75, 3.05) is 0 Å². The van der Waals surface area contributed by atoms with E-state index >= 15 is 0 Å². The highest BCUT2D eigenvalue weighted by molar-refractivity contribution is 7.26. The van der Waals surface area contributed by atoms with Crippen LogP contribution in [0, 0.1) is 0 Å². The minimum atomic E-state index is 0.624. The van der Waals surface area contributed by atoms with Gasteiger partial charge < -0.3 is 9.13 Å². The van der Waals surface area contributed by atoms with Gasteiger partial charge in [0.15, 0.2) is 17.5 Å². The Hall–Kier alpha value is -8.19. The van der Waals surface area contributed by atoms with E-state index in [1.165, 1.54) is 64.0 Å². The molecule has 0 fully saturated rings. The van der Waals surface area contributed by atoms with E-state index < -0.39 is 0 Å². The van der Waals surface area contributed by atoms with E-state index in [-0.39, 0.29) is 0 Å². The first-order valence-corrected chi connectivity index (χ1v) is 22.0. The van der Waals surface area contributed by atoms with Crippen LogP contribution in [0.15, 0.2) is 212 Å². The number of thiophene rings is 1. The van der Waals surface area contributed by atoms with Gasteiger partial charge in [-0.05, 0) is 59.7 Å². The van der Waals surface area contributed by atoms with Crippen molar-refractivity contribution >= 4 is 75.1 Å². The van der Waals surface area contributed by atoms with Crippen molar-refractivity contribution in [3.63, 3.8) is 0 Å². The molecule has 9 aromatic carbocycles. The van der Waals surface area contributed by atoms with E-state index in [1.807, 2.05) is 35.6 Å². The minimum Gasteiger partial charge on any atom is -0.309 e. The Balaban J connectivity index is 1.05. The van der Waals surface area contributed by atoms with Crippen molar-refractivity contribution in [2.24, 2.45) is 0 Å². The zero-order valence-electron chi connectivity index (χ0n) is 33.9. The third kappa shape index (κ3) is 5.66. The van der Waals surface area contributed by atoms with Gasteiger partial charge >= 0.3 is 0 Å². The van der Waals surface area contributed by atoms with Crippen LogP contribution in [0.1, 0.15) is 0 Å². The molecule has 0 spiro atoms. The summed E-state index contributed by atoms with van der Waals surface area (Å²) in [6, 6.07) is 75.4. The minimum absolute atomic E-state index is 0.624. The Kier molecular flexibility index (Phi) is 8.01. The highest BCUT2D eigenvalue weighted by Crippen LogP contribution is 2.46. The number of fused-ring (bicyclic) bond motifs is 10. The lowest BCUT2D eigenvalue weighted by Gasteiger charge is -2.11. The Labute approximate surface area is 366 Å². The third-order valence-electron chi connectivity index (χ3n) is 12.4. The van der Waals surface area contributed by atoms with Gasteiger partial charge in [-0.2, -0.15) is 0 Å². The molecule has 0 unspecified atom stereocenters. The first kappa shape index (κ1) is 35.6. The molecule has 63 heavy (non-hydrogen) atoms. The van der Waals surface area contributed by atoms with Crippen LogP contribution in [-0.2, 0) is 0 Å². The van der Waals surface area contributed by atoms with Gasteiger partial charge in [-0.25, -0.2) is 15.0 Å². The molecule has 13 aromatic rings. The van der Waals surface area contributed by atoms with Gasteiger partial charge in [-0.15, -0.1) is 11.3 Å². The molecule has 294 valence electrons. The number of nitrogens with zero attached hydrogens (tertiary/aromatic N) is 5. The van der Waals surface area contributed by atoms with E-state index in [1.54, 1.807) is 0 Å². The highest BCUT2D eigenvalue weighted by atomic mass is 32.1. The zero-order chi connectivity index (χ0) is 41.4. The number of rotatable bonds is 6. The van der Waals surface area contributed by atoms with Crippen LogP contribution in [0.5, 0.6) is 0 Å². The molecule has 6 heteroatoms. The van der Waals surface area contributed by atoms with E-state index in [2.05, 4.69) is 197 Å². The SMILES string of the molecule is c1ccc(-c2cccc(-c3nc(-c4ccccc4)nc(-c4ccc5c6ccc7c(sc8cccc(-n9c%10ccccc%10c%10ccccc%109)c87)c6n(-c6ccccc6)c5c4)n3)c2)cc1.